The van der Waals surface area contributed by atoms with Crippen molar-refractivity contribution >= 4 is 0 Å². The lowest BCUT2D eigenvalue weighted by atomic mass is 10.3. The summed E-state index contributed by atoms with van der Waals surface area (Å²) in [6, 6.07) is 0. The van der Waals surface area contributed by atoms with Crippen molar-refractivity contribution in [3.8, 4) is 0 Å². The summed E-state index contributed by atoms with van der Waals surface area (Å²) < 4.78 is 10.8. The Morgan fingerprint density at radius 3 is 2.50 bits per heavy atom. The summed E-state index contributed by atoms with van der Waals surface area (Å²) in [7, 11) is 0. The first-order chi connectivity index (χ1) is 6.66. The Hall–Kier alpha value is -0.120. The molecule has 0 fully saturated rings. The van der Waals surface area contributed by atoms with Gasteiger partial charge in [-0.25, -0.2) is 0 Å². The van der Waals surface area contributed by atoms with Crippen LogP contribution in [0, 0.1) is 0 Å². The van der Waals surface area contributed by atoms with Crippen LogP contribution in [0.1, 0.15) is 34.1 Å². The SMILES string of the molecule is CCOCCCNCC(C)OC(C)C. The molecule has 0 aromatic rings. The van der Waals surface area contributed by atoms with Crippen molar-refractivity contribution in [2.45, 2.75) is 46.3 Å². The molecule has 3 heteroatoms. The predicted octanol–water partition coefficient (Wildman–Crippen LogP) is 1.82. The molecule has 0 aliphatic rings. The summed E-state index contributed by atoms with van der Waals surface area (Å²) in [5.41, 5.74) is 0. The van der Waals surface area contributed by atoms with E-state index in [2.05, 4.69) is 26.1 Å². The van der Waals surface area contributed by atoms with Crippen molar-refractivity contribution in [1.82, 2.24) is 5.32 Å². The van der Waals surface area contributed by atoms with Crippen molar-refractivity contribution in [3.05, 3.63) is 0 Å². The van der Waals surface area contributed by atoms with E-state index >= 15 is 0 Å². The maximum absolute atomic E-state index is 5.58. The van der Waals surface area contributed by atoms with Crippen molar-refractivity contribution in [1.29, 1.82) is 0 Å². The fourth-order valence-corrected chi connectivity index (χ4v) is 1.26. The Balaban J connectivity index is 3.10. The first-order valence-corrected chi connectivity index (χ1v) is 5.60. The van der Waals surface area contributed by atoms with E-state index in [0.717, 1.165) is 32.7 Å². The Kier molecular flexibility index (Phi) is 9.35. The quantitative estimate of drug-likeness (QED) is 0.580. The third-order valence-electron chi connectivity index (χ3n) is 1.78. The van der Waals surface area contributed by atoms with Crippen LogP contribution in [-0.2, 0) is 9.47 Å². The number of hydrogen-bond acceptors (Lipinski definition) is 3. The second-order valence-electron chi connectivity index (χ2n) is 3.75. The standard InChI is InChI=1S/C11H25NO2/c1-5-13-8-6-7-12-9-11(4)14-10(2)3/h10-12H,5-9H2,1-4H3. The Labute approximate surface area is 88.2 Å². The van der Waals surface area contributed by atoms with E-state index in [1.807, 2.05) is 6.92 Å². The van der Waals surface area contributed by atoms with Gasteiger partial charge >= 0.3 is 0 Å². The molecule has 14 heavy (non-hydrogen) atoms. The third-order valence-corrected chi connectivity index (χ3v) is 1.78. The van der Waals surface area contributed by atoms with Crippen LogP contribution in [0.3, 0.4) is 0 Å². The summed E-state index contributed by atoms with van der Waals surface area (Å²) in [6.07, 6.45) is 1.68. The van der Waals surface area contributed by atoms with Crippen LogP contribution >= 0.6 is 0 Å². The van der Waals surface area contributed by atoms with Gasteiger partial charge in [-0.1, -0.05) is 0 Å². The smallest absolute Gasteiger partial charge is 0.0674 e. The normalized spacial score (nSPS) is 13.5. The Bertz CT molecular complexity index is 118. The van der Waals surface area contributed by atoms with E-state index in [4.69, 9.17) is 9.47 Å². The number of nitrogens with one attached hydrogen (secondary N) is 1. The van der Waals surface area contributed by atoms with Gasteiger partial charge in [-0.3, -0.25) is 0 Å². The summed E-state index contributed by atoms with van der Waals surface area (Å²) >= 11 is 0. The van der Waals surface area contributed by atoms with Crippen molar-refractivity contribution in [2.75, 3.05) is 26.3 Å². The zero-order valence-electron chi connectivity index (χ0n) is 10.0. The van der Waals surface area contributed by atoms with Crippen molar-refractivity contribution < 1.29 is 9.47 Å². The predicted molar refractivity (Wildman–Crippen MR) is 59.7 cm³/mol. The van der Waals surface area contributed by atoms with Gasteiger partial charge in [0.05, 0.1) is 12.2 Å². The van der Waals surface area contributed by atoms with Gasteiger partial charge in [-0.05, 0) is 40.7 Å². The van der Waals surface area contributed by atoms with E-state index in [1.54, 1.807) is 0 Å². The molecule has 1 unspecified atom stereocenters. The van der Waals surface area contributed by atoms with E-state index in [-0.39, 0.29) is 0 Å². The lowest BCUT2D eigenvalue weighted by molar-refractivity contribution is 0.0193. The van der Waals surface area contributed by atoms with E-state index in [9.17, 15) is 0 Å². The lowest BCUT2D eigenvalue weighted by Crippen LogP contribution is -2.29. The summed E-state index contributed by atoms with van der Waals surface area (Å²) in [6.45, 7) is 11.8. The monoisotopic (exact) mass is 203 g/mol. The van der Waals surface area contributed by atoms with Gasteiger partial charge in [-0.15, -0.1) is 0 Å². The van der Waals surface area contributed by atoms with Gasteiger partial charge in [0, 0.05) is 19.8 Å². The van der Waals surface area contributed by atoms with Crippen molar-refractivity contribution in [3.63, 3.8) is 0 Å². The van der Waals surface area contributed by atoms with Crippen molar-refractivity contribution in [2.24, 2.45) is 0 Å². The molecule has 0 amide bonds. The van der Waals surface area contributed by atoms with Gasteiger partial charge in [0.2, 0.25) is 0 Å². The fraction of sp³-hybridized carbons (Fsp3) is 1.00. The molecule has 1 N–H and O–H groups in total. The van der Waals surface area contributed by atoms with E-state index < -0.39 is 0 Å². The molecule has 0 aromatic heterocycles. The summed E-state index contributed by atoms with van der Waals surface area (Å²) in [5, 5.41) is 3.34. The average molecular weight is 203 g/mol. The molecule has 0 radical (unpaired) electrons. The maximum atomic E-state index is 5.58. The molecule has 0 rings (SSSR count). The highest BCUT2D eigenvalue weighted by Crippen LogP contribution is 1.95. The second kappa shape index (κ2) is 9.44. The van der Waals surface area contributed by atoms with Crippen LogP contribution in [0.15, 0.2) is 0 Å². The highest BCUT2D eigenvalue weighted by Gasteiger charge is 2.02. The Morgan fingerprint density at radius 1 is 1.21 bits per heavy atom. The molecule has 0 heterocycles. The average Bonchev–Trinajstić information content (AvgIpc) is 2.10. The van der Waals surface area contributed by atoms with Crippen LogP contribution in [-0.4, -0.2) is 38.5 Å². The van der Waals surface area contributed by atoms with Crippen LogP contribution in [0.5, 0.6) is 0 Å². The minimum Gasteiger partial charge on any atom is -0.382 e. The number of rotatable bonds is 9. The molecule has 0 aliphatic carbocycles. The largest absolute Gasteiger partial charge is 0.382 e. The van der Waals surface area contributed by atoms with Gasteiger partial charge in [-0.2, -0.15) is 0 Å². The number of hydrogen-bond donors (Lipinski definition) is 1. The van der Waals surface area contributed by atoms with Crippen LogP contribution in [0.25, 0.3) is 0 Å². The molecule has 1 atom stereocenters. The molecule has 0 aromatic carbocycles. The van der Waals surface area contributed by atoms with Crippen LogP contribution < -0.4 is 5.32 Å². The maximum Gasteiger partial charge on any atom is 0.0674 e. The zero-order valence-corrected chi connectivity index (χ0v) is 10.0. The Morgan fingerprint density at radius 2 is 1.93 bits per heavy atom. The second-order valence-corrected chi connectivity index (χ2v) is 3.75. The minimum atomic E-state index is 0.294. The van der Waals surface area contributed by atoms with Gasteiger partial charge in [0.25, 0.3) is 0 Å². The lowest BCUT2D eigenvalue weighted by Gasteiger charge is -2.16. The van der Waals surface area contributed by atoms with Gasteiger partial charge < -0.3 is 14.8 Å². The molecule has 0 aliphatic heterocycles. The molecule has 86 valence electrons. The highest BCUT2D eigenvalue weighted by atomic mass is 16.5. The van der Waals surface area contributed by atoms with Gasteiger partial charge in [0.15, 0.2) is 0 Å². The minimum absolute atomic E-state index is 0.294. The number of ether oxygens (including phenoxy) is 2. The molecule has 0 saturated carbocycles. The summed E-state index contributed by atoms with van der Waals surface area (Å²) in [5.74, 6) is 0. The highest BCUT2D eigenvalue weighted by molar-refractivity contribution is 4.56. The van der Waals surface area contributed by atoms with E-state index in [1.165, 1.54) is 0 Å². The third kappa shape index (κ3) is 9.96. The molecular formula is C11H25NO2. The molecule has 3 nitrogen and oxygen atoms in total. The molecule has 0 spiro atoms. The van der Waals surface area contributed by atoms with Crippen LogP contribution in [0.2, 0.25) is 0 Å². The molecular weight excluding hydrogens is 178 g/mol. The van der Waals surface area contributed by atoms with Crippen LogP contribution in [0.4, 0.5) is 0 Å². The first-order valence-electron chi connectivity index (χ1n) is 5.60. The molecule has 0 saturated heterocycles. The molecule has 0 bridgehead atoms. The summed E-state index contributed by atoms with van der Waals surface area (Å²) in [4.78, 5) is 0. The first kappa shape index (κ1) is 13.9. The zero-order chi connectivity index (χ0) is 10.8. The van der Waals surface area contributed by atoms with E-state index in [0.29, 0.717) is 12.2 Å². The van der Waals surface area contributed by atoms with Gasteiger partial charge in [0.1, 0.15) is 0 Å². The topological polar surface area (TPSA) is 30.5 Å². The fourth-order valence-electron chi connectivity index (χ4n) is 1.26.